The van der Waals surface area contributed by atoms with Crippen molar-refractivity contribution in [3.8, 4) is 0 Å². The fraction of sp³-hybridized carbons (Fsp3) is 1.00. The molecule has 1 atom stereocenters. The van der Waals surface area contributed by atoms with Gasteiger partial charge in [0.25, 0.3) is 0 Å². The molecule has 0 aliphatic carbocycles. The van der Waals surface area contributed by atoms with Crippen LogP contribution in [-0.4, -0.2) is 22.6 Å². The molecule has 0 bridgehead atoms. The highest BCUT2D eigenvalue weighted by Gasteiger charge is 2.07. The molecule has 1 aliphatic rings. The molecule has 1 unspecified atom stereocenters. The van der Waals surface area contributed by atoms with E-state index >= 15 is 0 Å². The van der Waals surface area contributed by atoms with Crippen LogP contribution in [0.1, 0.15) is 0 Å². The molecule has 0 aromatic rings. The zero-order chi connectivity index (χ0) is 5.11. The summed E-state index contributed by atoms with van der Waals surface area (Å²) in [5.41, 5.74) is 5.58. The molecule has 1 rings (SSSR count). The minimum Gasteiger partial charge on any atom is -0.319 e. The van der Waals surface area contributed by atoms with Gasteiger partial charge in [-0.25, -0.2) is 0 Å². The second-order valence-electron chi connectivity index (χ2n) is 1.48. The molecule has 1 nitrogen and oxygen atoms in total. The Kier molecular flexibility index (Phi) is 2.35. The summed E-state index contributed by atoms with van der Waals surface area (Å²) < 4.78 is 0. The minimum absolute atomic E-state index is 0.416. The normalized spacial score (nSPS) is 33.0. The van der Waals surface area contributed by atoms with E-state index in [1.165, 1.54) is 11.5 Å². The van der Waals surface area contributed by atoms with Crippen molar-refractivity contribution in [3.63, 3.8) is 0 Å². The van der Waals surface area contributed by atoms with Gasteiger partial charge in [-0.1, -0.05) is 0 Å². The molecule has 0 aromatic carbocycles. The average Bonchev–Trinajstić information content (AvgIpc) is 1.69. The average molecular weight is 135 g/mol. The van der Waals surface area contributed by atoms with Crippen molar-refractivity contribution < 1.29 is 0 Å². The molecule has 1 heterocycles. The zero-order valence-corrected chi connectivity index (χ0v) is 5.73. The van der Waals surface area contributed by atoms with Gasteiger partial charge in [-0.15, -0.1) is 11.8 Å². The lowest BCUT2D eigenvalue weighted by atomic mass is 10.8. The van der Waals surface area contributed by atoms with Crippen molar-refractivity contribution in [2.24, 2.45) is 5.73 Å². The molecule has 0 radical (unpaired) electrons. The smallest absolute Gasteiger partial charge is 0.0599 e. The first kappa shape index (κ1) is 5.79. The van der Waals surface area contributed by atoms with Crippen LogP contribution < -0.4 is 5.73 Å². The van der Waals surface area contributed by atoms with E-state index in [4.69, 9.17) is 5.73 Å². The summed E-state index contributed by atoms with van der Waals surface area (Å²) in [6, 6.07) is 0. The van der Waals surface area contributed by atoms with Crippen LogP contribution in [0.2, 0.25) is 0 Å². The van der Waals surface area contributed by atoms with Gasteiger partial charge in [-0.2, -0.15) is 11.8 Å². The molecule has 1 saturated heterocycles. The SMILES string of the molecule is NC1CSCCS1. The van der Waals surface area contributed by atoms with Crippen LogP contribution in [0.25, 0.3) is 0 Å². The van der Waals surface area contributed by atoms with Crippen LogP contribution in [0.4, 0.5) is 0 Å². The van der Waals surface area contributed by atoms with Crippen LogP contribution >= 0.6 is 23.5 Å². The van der Waals surface area contributed by atoms with Gasteiger partial charge in [0.05, 0.1) is 5.37 Å². The molecule has 1 aliphatic heterocycles. The Balaban J connectivity index is 2.12. The lowest BCUT2D eigenvalue weighted by Crippen LogP contribution is -2.22. The Morgan fingerprint density at radius 2 is 2.29 bits per heavy atom. The summed E-state index contributed by atoms with van der Waals surface area (Å²) >= 11 is 3.83. The predicted octanol–water partition coefficient (Wildman–Crippen LogP) is 0.751. The summed E-state index contributed by atoms with van der Waals surface area (Å²) in [5.74, 6) is 3.68. The van der Waals surface area contributed by atoms with Crippen molar-refractivity contribution in [1.29, 1.82) is 0 Å². The van der Waals surface area contributed by atoms with Crippen LogP contribution in [0.5, 0.6) is 0 Å². The van der Waals surface area contributed by atoms with Crippen molar-refractivity contribution >= 4 is 23.5 Å². The Hall–Kier alpha value is 0.660. The fourth-order valence-electron chi connectivity index (χ4n) is 0.506. The van der Waals surface area contributed by atoms with Gasteiger partial charge in [0.15, 0.2) is 0 Å². The maximum Gasteiger partial charge on any atom is 0.0599 e. The van der Waals surface area contributed by atoms with E-state index in [-0.39, 0.29) is 0 Å². The fourth-order valence-corrected chi connectivity index (χ4v) is 2.74. The molecular weight excluding hydrogens is 126 g/mol. The predicted molar refractivity (Wildman–Crippen MR) is 37.8 cm³/mol. The van der Waals surface area contributed by atoms with Gasteiger partial charge in [0.2, 0.25) is 0 Å². The van der Waals surface area contributed by atoms with Gasteiger partial charge in [0, 0.05) is 17.3 Å². The third-order valence-electron chi connectivity index (χ3n) is 0.842. The van der Waals surface area contributed by atoms with Gasteiger partial charge in [-0.3, -0.25) is 0 Å². The van der Waals surface area contributed by atoms with Crippen molar-refractivity contribution in [3.05, 3.63) is 0 Å². The Bertz CT molecular complexity index is 51.7. The molecule has 2 N–H and O–H groups in total. The van der Waals surface area contributed by atoms with Crippen molar-refractivity contribution in [1.82, 2.24) is 0 Å². The largest absolute Gasteiger partial charge is 0.319 e. The molecule has 0 spiro atoms. The minimum atomic E-state index is 0.416. The number of rotatable bonds is 0. The second kappa shape index (κ2) is 2.84. The molecule has 3 heteroatoms. The molecule has 0 saturated carbocycles. The maximum absolute atomic E-state index is 5.58. The molecule has 1 fully saturated rings. The Labute approximate surface area is 52.4 Å². The highest BCUT2D eigenvalue weighted by atomic mass is 32.2. The second-order valence-corrected chi connectivity index (χ2v) is 3.98. The quantitative estimate of drug-likeness (QED) is 0.531. The summed E-state index contributed by atoms with van der Waals surface area (Å²) in [6.45, 7) is 0. The molecule has 42 valence electrons. The van der Waals surface area contributed by atoms with Crippen LogP contribution in [0.15, 0.2) is 0 Å². The number of hydrogen-bond acceptors (Lipinski definition) is 3. The molecule has 7 heavy (non-hydrogen) atoms. The van der Waals surface area contributed by atoms with E-state index < -0.39 is 0 Å². The summed E-state index contributed by atoms with van der Waals surface area (Å²) in [6.07, 6.45) is 0. The Morgan fingerprint density at radius 1 is 1.43 bits per heavy atom. The Morgan fingerprint density at radius 3 is 2.57 bits per heavy atom. The third-order valence-corrected chi connectivity index (χ3v) is 3.43. The van der Waals surface area contributed by atoms with E-state index in [2.05, 4.69) is 0 Å². The maximum atomic E-state index is 5.58. The first-order valence-electron chi connectivity index (χ1n) is 2.34. The highest BCUT2D eigenvalue weighted by molar-refractivity contribution is 8.06. The van der Waals surface area contributed by atoms with Crippen LogP contribution in [-0.2, 0) is 0 Å². The molecular formula is C4H9NS2. The zero-order valence-electron chi connectivity index (χ0n) is 4.09. The van der Waals surface area contributed by atoms with Gasteiger partial charge >= 0.3 is 0 Å². The van der Waals surface area contributed by atoms with Crippen molar-refractivity contribution in [2.75, 3.05) is 17.3 Å². The monoisotopic (exact) mass is 135 g/mol. The van der Waals surface area contributed by atoms with E-state index in [9.17, 15) is 0 Å². The molecule has 0 aromatic heterocycles. The van der Waals surface area contributed by atoms with Gasteiger partial charge < -0.3 is 5.73 Å². The van der Waals surface area contributed by atoms with E-state index in [0.29, 0.717) is 5.37 Å². The van der Waals surface area contributed by atoms with E-state index in [1.54, 1.807) is 0 Å². The standard InChI is InChI=1S/C4H9NS2/c5-4-3-6-1-2-7-4/h4H,1-3,5H2. The topological polar surface area (TPSA) is 26.0 Å². The lowest BCUT2D eigenvalue weighted by Gasteiger charge is -2.15. The van der Waals surface area contributed by atoms with Gasteiger partial charge in [0.1, 0.15) is 0 Å². The van der Waals surface area contributed by atoms with Crippen LogP contribution in [0.3, 0.4) is 0 Å². The number of nitrogens with two attached hydrogens (primary N) is 1. The first-order chi connectivity index (χ1) is 3.39. The van der Waals surface area contributed by atoms with Crippen LogP contribution in [0, 0.1) is 0 Å². The summed E-state index contributed by atoms with van der Waals surface area (Å²) in [4.78, 5) is 0. The lowest BCUT2D eigenvalue weighted by molar-refractivity contribution is 1.05. The molecule has 0 amide bonds. The van der Waals surface area contributed by atoms with Crippen molar-refractivity contribution in [2.45, 2.75) is 5.37 Å². The third kappa shape index (κ3) is 1.93. The number of thioether (sulfide) groups is 2. The summed E-state index contributed by atoms with van der Waals surface area (Å²) in [7, 11) is 0. The van der Waals surface area contributed by atoms with E-state index in [0.717, 1.165) is 5.75 Å². The highest BCUT2D eigenvalue weighted by Crippen LogP contribution is 2.19. The van der Waals surface area contributed by atoms with E-state index in [1.807, 2.05) is 23.5 Å². The number of hydrogen-bond donors (Lipinski definition) is 1. The first-order valence-corrected chi connectivity index (χ1v) is 4.55. The van der Waals surface area contributed by atoms with Gasteiger partial charge in [-0.05, 0) is 0 Å². The summed E-state index contributed by atoms with van der Waals surface area (Å²) in [5, 5.41) is 0.416.